The molecule has 0 aliphatic carbocycles. The molecule has 0 saturated heterocycles. The molecule has 4 nitrogen and oxygen atoms in total. The van der Waals surface area contributed by atoms with Crippen molar-refractivity contribution in [3.63, 3.8) is 0 Å². The quantitative estimate of drug-likeness (QED) is 0.407. The van der Waals surface area contributed by atoms with Crippen LogP contribution >= 0.6 is 11.6 Å². The van der Waals surface area contributed by atoms with Gasteiger partial charge in [-0.2, -0.15) is 0 Å². The number of benzene rings is 3. The van der Waals surface area contributed by atoms with Gasteiger partial charge in [0.25, 0.3) is 0 Å². The minimum Gasteiger partial charge on any atom is -0.271 e. The zero-order valence-electron chi connectivity index (χ0n) is 14.6. The molecule has 0 bridgehead atoms. The van der Waals surface area contributed by atoms with E-state index in [9.17, 15) is 0 Å². The molecule has 5 rings (SSSR count). The highest BCUT2D eigenvalue weighted by atomic mass is 35.5. The van der Waals surface area contributed by atoms with Crippen LogP contribution in [0.3, 0.4) is 0 Å². The van der Waals surface area contributed by atoms with Crippen LogP contribution in [0.15, 0.2) is 72.8 Å². The molecule has 0 fully saturated rings. The Balaban J connectivity index is 1.93. The van der Waals surface area contributed by atoms with Crippen molar-refractivity contribution in [3.8, 4) is 22.6 Å². The third kappa shape index (κ3) is 2.66. The fourth-order valence-corrected chi connectivity index (χ4v) is 3.53. The summed E-state index contributed by atoms with van der Waals surface area (Å²) in [6.07, 6.45) is 0. The van der Waals surface area contributed by atoms with E-state index < -0.39 is 0 Å². The van der Waals surface area contributed by atoms with Gasteiger partial charge < -0.3 is 0 Å². The third-order valence-electron chi connectivity index (χ3n) is 4.61. The van der Waals surface area contributed by atoms with Gasteiger partial charge in [0, 0.05) is 16.1 Å². The Morgan fingerprint density at radius 1 is 0.815 bits per heavy atom. The molecule has 0 saturated carbocycles. The second-order valence-corrected chi connectivity index (χ2v) is 6.95. The summed E-state index contributed by atoms with van der Waals surface area (Å²) in [7, 11) is 0. The van der Waals surface area contributed by atoms with Crippen molar-refractivity contribution >= 4 is 28.3 Å². The summed E-state index contributed by atoms with van der Waals surface area (Å²) in [6.45, 7) is 2.07. The van der Waals surface area contributed by atoms with Gasteiger partial charge in [0.1, 0.15) is 5.69 Å². The fraction of sp³-hybridized carbons (Fsp3) is 0.0455. The summed E-state index contributed by atoms with van der Waals surface area (Å²) in [4.78, 5) is 4.86. The summed E-state index contributed by atoms with van der Waals surface area (Å²) in [5.74, 6) is 0.778. The average molecular weight is 371 g/mol. The van der Waals surface area contributed by atoms with Crippen LogP contribution in [0.2, 0.25) is 5.02 Å². The lowest BCUT2D eigenvalue weighted by molar-refractivity contribution is 1.11. The molecule has 5 heteroatoms. The molecule has 0 atom stereocenters. The number of aryl methyl sites for hydroxylation is 1. The van der Waals surface area contributed by atoms with Crippen molar-refractivity contribution in [2.45, 2.75) is 6.92 Å². The molecule has 0 aliphatic rings. The molecule has 0 radical (unpaired) electrons. The molecule has 5 aromatic rings. The highest BCUT2D eigenvalue weighted by Gasteiger charge is 2.17. The highest BCUT2D eigenvalue weighted by Crippen LogP contribution is 2.30. The summed E-state index contributed by atoms with van der Waals surface area (Å²) in [5, 5.41) is 9.65. The van der Waals surface area contributed by atoms with Crippen LogP contribution in [0.4, 0.5) is 0 Å². The highest BCUT2D eigenvalue weighted by molar-refractivity contribution is 6.31. The number of aromatic nitrogens is 4. The molecule has 0 N–H and O–H groups in total. The molecule has 130 valence electrons. The van der Waals surface area contributed by atoms with Crippen LogP contribution in [0.25, 0.3) is 39.3 Å². The van der Waals surface area contributed by atoms with Crippen molar-refractivity contribution in [2.24, 2.45) is 0 Å². The lowest BCUT2D eigenvalue weighted by Crippen LogP contribution is -1.98. The number of hydrogen-bond acceptors (Lipinski definition) is 3. The van der Waals surface area contributed by atoms with Gasteiger partial charge in [-0.3, -0.25) is 4.40 Å². The Morgan fingerprint density at radius 2 is 1.63 bits per heavy atom. The molecule has 3 aromatic carbocycles. The minimum absolute atomic E-state index is 0.655. The van der Waals surface area contributed by atoms with E-state index in [1.54, 1.807) is 0 Å². The summed E-state index contributed by atoms with van der Waals surface area (Å²) >= 11 is 6.28. The summed E-state index contributed by atoms with van der Waals surface area (Å²) < 4.78 is 2.05. The Morgan fingerprint density at radius 3 is 2.44 bits per heavy atom. The number of rotatable bonds is 2. The summed E-state index contributed by atoms with van der Waals surface area (Å²) in [5.41, 5.74) is 6.43. The van der Waals surface area contributed by atoms with Gasteiger partial charge in [-0.15, -0.1) is 10.2 Å². The lowest BCUT2D eigenvalue weighted by atomic mass is 10.1. The standard InChI is InChI=1S/C22H15ClN4/c1-14-6-5-9-16(12-14)21-25-26-22-20(15-7-3-2-4-8-15)24-18-11-10-17(23)13-19(18)27(21)22/h2-13H,1H3. The second kappa shape index (κ2) is 6.18. The zero-order valence-corrected chi connectivity index (χ0v) is 15.4. The Labute approximate surface area is 161 Å². The van der Waals surface area contributed by atoms with Crippen LogP contribution in [-0.4, -0.2) is 19.6 Å². The molecular weight excluding hydrogens is 356 g/mol. The van der Waals surface area contributed by atoms with Gasteiger partial charge >= 0.3 is 0 Å². The number of fused-ring (bicyclic) bond motifs is 3. The van der Waals surface area contributed by atoms with E-state index in [1.165, 1.54) is 5.56 Å². The van der Waals surface area contributed by atoms with Crippen LogP contribution in [0, 0.1) is 6.92 Å². The first-order valence-corrected chi connectivity index (χ1v) is 9.05. The molecule has 2 aromatic heterocycles. The molecule has 0 unspecified atom stereocenters. The maximum Gasteiger partial charge on any atom is 0.188 e. The Hall–Kier alpha value is -3.24. The normalized spacial score (nSPS) is 11.3. The van der Waals surface area contributed by atoms with Gasteiger partial charge in [-0.25, -0.2) is 4.98 Å². The van der Waals surface area contributed by atoms with E-state index in [1.807, 2.05) is 65.1 Å². The van der Waals surface area contributed by atoms with Crippen LogP contribution in [0.5, 0.6) is 0 Å². The number of hydrogen-bond donors (Lipinski definition) is 0. The first-order valence-electron chi connectivity index (χ1n) is 8.67. The van der Waals surface area contributed by atoms with Gasteiger partial charge in [0.15, 0.2) is 11.5 Å². The van der Waals surface area contributed by atoms with Crippen molar-refractivity contribution in [3.05, 3.63) is 83.4 Å². The van der Waals surface area contributed by atoms with Crippen LogP contribution in [-0.2, 0) is 0 Å². The average Bonchev–Trinajstić information content (AvgIpc) is 3.14. The topological polar surface area (TPSA) is 43.1 Å². The van der Waals surface area contributed by atoms with E-state index in [0.717, 1.165) is 33.7 Å². The largest absolute Gasteiger partial charge is 0.271 e. The SMILES string of the molecule is Cc1cccc(-c2nnc3c(-c4ccccc4)nc4ccc(Cl)cc4n23)c1. The van der Waals surface area contributed by atoms with Crippen LogP contribution < -0.4 is 0 Å². The molecule has 0 spiro atoms. The smallest absolute Gasteiger partial charge is 0.188 e. The lowest BCUT2D eigenvalue weighted by Gasteiger charge is -2.09. The molecule has 27 heavy (non-hydrogen) atoms. The Bertz CT molecular complexity index is 1290. The molecule has 2 heterocycles. The van der Waals surface area contributed by atoms with Gasteiger partial charge in [0.2, 0.25) is 0 Å². The van der Waals surface area contributed by atoms with Crippen molar-refractivity contribution in [2.75, 3.05) is 0 Å². The van der Waals surface area contributed by atoms with E-state index in [0.29, 0.717) is 10.7 Å². The minimum atomic E-state index is 0.655. The molecular formula is C22H15ClN4. The number of halogens is 1. The maximum absolute atomic E-state index is 6.28. The first kappa shape index (κ1) is 16.0. The van der Waals surface area contributed by atoms with Crippen molar-refractivity contribution in [1.82, 2.24) is 19.6 Å². The second-order valence-electron chi connectivity index (χ2n) is 6.51. The van der Waals surface area contributed by atoms with Crippen molar-refractivity contribution in [1.29, 1.82) is 0 Å². The van der Waals surface area contributed by atoms with Gasteiger partial charge in [0.05, 0.1) is 11.0 Å². The number of nitrogens with zero attached hydrogens (tertiary/aromatic N) is 4. The zero-order chi connectivity index (χ0) is 18.4. The molecule has 0 aliphatic heterocycles. The van der Waals surface area contributed by atoms with Crippen molar-refractivity contribution < 1.29 is 0 Å². The monoisotopic (exact) mass is 370 g/mol. The third-order valence-corrected chi connectivity index (χ3v) is 4.84. The Kier molecular flexibility index (Phi) is 3.66. The van der Waals surface area contributed by atoms with Gasteiger partial charge in [-0.1, -0.05) is 65.7 Å². The predicted molar refractivity (Wildman–Crippen MR) is 109 cm³/mol. The van der Waals surface area contributed by atoms with Gasteiger partial charge in [-0.05, 0) is 31.2 Å². The van der Waals surface area contributed by atoms with E-state index in [-0.39, 0.29) is 0 Å². The van der Waals surface area contributed by atoms with Crippen LogP contribution in [0.1, 0.15) is 5.56 Å². The maximum atomic E-state index is 6.28. The van der Waals surface area contributed by atoms with E-state index >= 15 is 0 Å². The summed E-state index contributed by atoms with van der Waals surface area (Å²) in [6, 6.07) is 24.0. The van der Waals surface area contributed by atoms with E-state index in [4.69, 9.17) is 16.6 Å². The predicted octanol–water partition coefficient (Wildman–Crippen LogP) is 5.57. The first-order chi connectivity index (χ1) is 13.2. The fourth-order valence-electron chi connectivity index (χ4n) is 3.37. The molecule has 0 amide bonds. The van der Waals surface area contributed by atoms with E-state index in [2.05, 4.69) is 29.3 Å².